The van der Waals surface area contributed by atoms with Gasteiger partial charge in [-0.05, 0) is 78.9 Å². The number of piperidine rings is 1. The smallest absolute Gasteiger partial charge is 0.263 e. The summed E-state index contributed by atoms with van der Waals surface area (Å²) < 4.78 is 1.89. The van der Waals surface area contributed by atoms with Crippen LogP contribution in [0, 0.1) is 0 Å². The summed E-state index contributed by atoms with van der Waals surface area (Å²) in [5, 5.41) is 28.2. The number of benzene rings is 3. The van der Waals surface area contributed by atoms with Crippen molar-refractivity contribution >= 4 is 40.6 Å². The molecule has 0 saturated carbocycles. The van der Waals surface area contributed by atoms with Gasteiger partial charge < -0.3 is 20.0 Å². The van der Waals surface area contributed by atoms with Crippen LogP contribution in [0.1, 0.15) is 55.9 Å². The molecule has 3 atom stereocenters. The van der Waals surface area contributed by atoms with Crippen LogP contribution < -0.4 is 15.1 Å². The van der Waals surface area contributed by atoms with E-state index in [1.807, 2.05) is 35.1 Å². The molecular formula is C40H36ClN7O5. The van der Waals surface area contributed by atoms with E-state index in [-0.39, 0.29) is 28.4 Å². The number of rotatable bonds is 6. The van der Waals surface area contributed by atoms with Crippen molar-refractivity contribution in [2.45, 2.75) is 44.2 Å². The lowest BCUT2D eigenvalue weighted by Crippen LogP contribution is -2.58. The van der Waals surface area contributed by atoms with E-state index in [1.54, 1.807) is 24.5 Å². The SMILES string of the molecule is O=C1CCc2cc(-c3cn(-c4ccc(N5CCN(c6ccc7c(c6Cl)C(=O)N(C6CCC(O)NC6O)C7=O)CC5)cc4)nc3-c3ccncc3)ccc21. The van der Waals surface area contributed by atoms with Crippen molar-refractivity contribution in [2.24, 2.45) is 0 Å². The zero-order chi connectivity index (χ0) is 36.4. The van der Waals surface area contributed by atoms with Crippen LogP contribution in [0.4, 0.5) is 11.4 Å². The first-order valence-electron chi connectivity index (χ1n) is 17.8. The fraction of sp³-hybridized carbons (Fsp3) is 0.275. The second kappa shape index (κ2) is 13.2. The molecule has 53 heavy (non-hydrogen) atoms. The van der Waals surface area contributed by atoms with Gasteiger partial charge in [-0.2, -0.15) is 5.10 Å². The number of amides is 2. The summed E-state index contributed by atoms with van der Waals surface area (Å²) in [6.07, 6.45) is 5.33. The zero-order valence-electron chi connectivity index (χ0n) is 28.7. The molecule has 4 aliphatic rings. The number of aliphatic hydroxyl groups excluding tert-OH is 2. The maximum absolute atomic E-state index is 13.5. The molecule has 3 N–H and O–H groups in total. The van der Waals surface area contributed by atoms with E-state index in [4.69, 9.17) is 16.7 Å². The number of nitrogens with zero attached hydrogens (tertiary/aromatic N) is 6. The number of nitrogens with one attached hydrogen (secondary N) is 1. The van der Waals surface area contributed by atoms with Crippen molar-refractivity contribution in [3.8, 4) is 28.1 Å². The van der Waals surface area contributed by atoms with Gasteiger partial charge in [0.2, 0.25) is 0 Å². The highest BCUT2D eigenvalue weighted by Crippen LogP contribution is 2.39. The van der Waals surface area contributed by atoms with Crippen molar-refractivity contribution in [3.05, 3.63) is 113 Å². The quantitative estimate of drug-likeness (QED) is 0.211. The number of halogens is 1. The van der Waals surface area contributed by atoms with Gasteiger partial charge in [0.15, 0.2) is 5.78 Å². The number of aliphatic hydroxyl groups is 2. The molecule has 3 unspecified atom stereocenters. The van der Waals surface area contributed by atoms with Crippen LogP contribution in [0.25, 0.3) is 28.1 Å². The van der Waals surface area contributed by atoms with Crippen LogP contribution in [-0.2, 0) is 6.42 Å². The Labute approximate surface area is 310 Å². The molecule has 5 aromatic rings. The van der Waals surface area contributed by atoms with E-state index >= 15 is 0 Å². The van der Waals surface area contributed by atoms with Crippen molar-refractivity contribution in [1.82, 2.24) is 25.0 Å². The first-order chi connectivity index (χ1) is 25.7. The highest BCUT2D eigenvalue weighted by molar-refractivity contribution is 6.39. The average molecular weight is 730 g/mol. The second-order valence-corrected chi connectivity index (χ2v) is 14.3. The van der Waals surface area contributed by atoms with E-state index in [2.05, 4.69) is 50.4 Å². The third kappa shape index (κ3) is 5.78. The van der Waals surface area contributed by atoms with Crippen LogP contribution in [0.15, 0.2) is 85.3 Å². The number of carbonyl (C=O) groups is 3. The molecule has 2 saturated heterocycles. The molecule has 3 aromatic carbocycles. The standard InChI is InChI=1S/C40H36ClN7O5/c41-36-31(9-8-29-35(36)40(53)48(39(29)52)32-10-12-34(50)43-38(32)51)46-19-17-45(18-20-46)26-3-5-27(6-4-26)47-22-30(37(44-47)23-13-15-42-16-14-23)25-1-7-28-24(21-25)2-11-33(28)49/h1,3-9,13-16,21-22,32,34,38,43,50-51H,2,10-12,17-20H2. The number of aromatic nitrogens is 3. The lowest BCUT2D eigenvalue weighted by Gasteiger charge is -2.38. The number of fused-ring (bicyclic) bond motifs is 2. The van der Waals surface area contributed by atoms with Crippen LogP contribution >= 0.6 is 11.6 Å². The summed E-state index contributed by atoms with van der Waals surface area (Å²) in [6, 6.07) is 20.9. The summed E-state index contributed by atoms with van der Waals surface area (Å²) in [5.41, 5.74) is 8.73. The topological polar surface area (TPSA) is 144 Å². The van der Waals surface area contributed by atoms with Crippen molar-refractivity contribution < 1.29 is 24.6 Å². The predicted molar refractivity (Wildman–Crippen MR) is 199 cm³/mol. The van der Waals surface area contributed by atoms with E-state index in [9.17, 15) is 24.6 Å². The maximum atomic E-state index is 13.5. The Morgan fingerprint density at radius 3 is 2.21 bits per heavy atom. The molecule has 13 heteroatoms. The zero-order valence-corrected chi connectivity index (χ0v) is 29.4. The van der Waals surface area contributed by atoms with E-state index in [0.29, 0.717) is 44.7 Å². The van der Waals surface area contributed by atoms with Gasteiger partial charge in [0, 0.05) is 73.6 Å². The summed E-state index contributed by atoms with van der Waals surface area (Å²) in [5.74, 6) is -0.822. The highest BCUT2D eigenvalue weighted by Gasteiger charge is 2.46. The monoisotopic (exact) mass is 729 g/mol. The van der Waals surface area contributed by atoms with Gasteiger partial charge in [0.25, 0.3) is 11.8 Å². The first kappa shape index (κ1) is 33.4. The molecule has 12 nitrogen and oxygen atoms in total. The molecule has 2 amide bonds. The first-order valence-corrected chi connectivity index (χ1v) is 18.2. The fourth-order valence-corrected chi connectivity index (χ4v) is 8.44. The van der Waals surface area contributed by atoms with Crippen molar-refractivity contribution in [1.29, 1.82) is 0 Å². The molecule has 268 valence electrons. The molecule has 2 fully saturated rings. The number of piperazine rings is 1. The number of imide groups is 1. The number of aryl methyl sites for hydroxylation is 1. The normalized spacial score (nSPS) is 21.4. The van der Waals surface area contributed by atoms with Gasteiger partial charge in [-0.3, -0.25) is 29.6 Å². The average Bonchev–Trinajstić information content (AvgIpc) is 3.86. The highest BCUT2D eigenvalue weighted by atomic mass is 35.5. The minimum absolute atomic E-state index is 0.158. The Hall–Kier alpha value is -5.40. The lowest BCUT2D eigenvalue weighted by atomic mass is 9.98. The molecule has 0 radical (unpaired) electrons. The van der Waals surface area contributed by atoms with Gasteiger partial charge in [-0.25, -0.2) is 4.68 Å². The Bertz CT molecular complexity index is 2270. The third-order valence-electron chi connectivity index (χ3n) is 10.9. The predicted octanol–water partition coefficient (Wildman–Crippen LogP) is 4.70. The Kier molecular flexibility index (Phi) is 8.34. The maximum Gasteiger partial charge on any atom is 0.263 e. The van der Waals surface area contributed by atoms with E-state index < -0.39 is 30.3 Å². The van der Waals surface area contributed by atoms with Crippen LogP contribution in [0.2, 0.25) is 5.02 Å². The molecular weight excluding hydrogens is 694 g/mol. The number of hydrogen-bond acceptors (Lipinski definition) is 10. The Balaban J connectivity index is 0.914. The van der Waals surface area contributed by atoms with Crippen molar-refractivity contribution in [2.75, 3.05) is 36.0 Å². The molecule has 9 rings (SSSR count). The minimum Gasteiger partial charge on any atom is -0.379 e. The second-order valence-electron chi connectivity index (χ2n) is 13.9. The largest absolute Gasteiger partial charge is 0.379 e. The third-order valence-corrected chi connectivity index (χ3v) is 11.3. The van der Waals surface area contributed by atoms with Gasteiger partial charge in [-0.1, -0.05) is 29.8 Å². The van der Waals surface area contributed by atoms with Crippen LogP contribution in [0.3, 0.4) is 0 Å². The number of anilines is 2. The molecule has 2 aromatic heterocycles. The molecule has 0 bridgehead atoms. The van der Waals surface area contributed by atoms with Crippen molar-refractivity contribution in [3.63, 3.8) is 0 Å². The summed E-state index contributed by atoms with van der Waals surface area (Å²) in [7, 11) is 0. The number of Topliss-reactive ketones (excluding diaryl/α,β-unsaturated/α-hetero) is 1. The van der Waals surface area contributed by atoms with Crippen LogP contribution in [0.5, 0.6) is 0 Å². The van der Waals surface area contributed by atoms with Gasteiger partial charge in [0.1, 0.15) is 18.1 Å². The number of ketones is 1. The van der Waals surface area contributed by atoms with Gasteiger partial charge in [0.05, 0.1) is 33.6 Å². The Morgan fingerprint density at radius 1 is 0.736 bits per heavy atom. The molecule has 1 aliphatic carbocycles. The van der Waals surface area contributed by atoms with Gasteiger partial charge >= 0.3 is 0 Å². The molecule has 0 spiro atoms. The Morgan fingerprint density at radius 2 is 1.45 bits per heavy atom. The summed E-state index contributed by atoms with van der Waals surface area (Å²) >= 11 is 6.86. The van der Waals surface area contributed by atoms with E-state index in [0.717, 1.165) is 56.2 Å². The molecule has 3 aliphatic heterocycles. The number of pyridine rings is 1. The fourth-order valence-electron chi connectivity index (χ4n) is 8.07. The molecule has 5 heterocycles. The van der Waals surface area contributed by atoms with E-state index in [1.165, 1.54) is 0 Å². The van der Waals surface area contributed by atoms with Gasteiger partial charge in [-0.15, -0.1) is 0 Å². The van der Waals surface area contributed by atoms with Crippen LogP contribution in [-0.4, -0.2) is 92.2 Å². The number of carbonyl (C=O) groups excluding carboxylic acids is 3. The lowest BCUT2D eigenvalue weighted by molar-refractivity contribution is -0.0413. The summed E-state index contributed by atoms with van der Waals surface area (Å²) in [6.45, 7) is 2.73. The summed E-state index contributed by atoms with van der Waals surface area (Å²) in [4.78, 5) is 48.8. The number of hydrogen-bond donors (Lipinski definition) is 3. The minimum atomic E-state index is -1.23.